The summed E-state index contributed by atoms with van der Waals surface area (Å²) in [5.41, 5.74) is 1.49. The fourth-order valence-corrected chi connectivity index (χ4v) is 4.70. The van der Waals surface area contributed by atoms with Gasteiger partial charge in [0.2, 0.25) is 0 Å². The first-order chi connectivity index (χ1) is 8.33. The molecule has 90 valence electrons. The molecule has 1 unspecified atom stereocenters. The van der Waals surface area contributed by atoms with E-state index in [1.54, 1.807) is 6.20 Å². The zero-order valence-corrected chi connectivity index (χ0v) is 11.7. The minimum atomic E-state index is 0.0433. The van der Waals surface area contributed by atoms with Crippen LogP contribution in [0.15, 0.2) is 18.5 Å². The third-order valence-corrected chi connectivity index (χ3v) is 5.76. The highest BCUT2D eigenvalue weighted by atomic mass is 35.5. The van der Waals surface area contributed by atoms with Gasteiger partial charge in [0, 0.05) is 34.3 Å². The molecule has 1 aliphatic rings. The van der Waals surface area contributed by atoms with Gasteiger partial charge in [-0.25, -0.2) is 4.98 Å². The molecule has 2 nitrogen and oxygen atoms in total. The number of alkyl halides is 1. The maximum absolute atomic E-state index is 6.46. The summed E-state index contributed by atoms with van der Waals surface area (Å²) in [6.07, 6.45) is 5.60. The molecule has 0 radical (unpaired) electrons. The molecule has 0 fully saturated rings. The Morgan fingerprint density at radius 2 is 2.47 bits per heavy atom. The van der Waals surface area contributed by atoms with E-state index in [9.17, 15) is 0 Å². The SMILES string of the molecule is ClC(Cc1ncc[nH]1)c1cc2c(s1)CCSC2. The van der Waals surface area contributed by atoms with Crippen molar-refractivity contribution in [3.63, 3.8) is 0 Å². The van der Waals surface area contributed by atoms with Gasteiger partial charge in [0.05, 0.1) is 5.38 Å². The van der Waals surface area contributed by atoms with Crippen LogP contribution in [0, 0.1) is 0 Å². The van der Waals surface area contributed by atoms with Crippen LogP contribution in [0.3, 0.4) is 0 Å². The molecular formula is C12H13ClN2S2. The Balaban J connectivity index is 1.77. The van der Waals surface area contributed by atoms with E-state index in [0.717, 1.165) is 18.0 Å². The lowest BCUT2D eigenvalue weighted by atomic mass is 10.2. The predicted octanol–water partition coefficient (Wildman–Crippen LogP) is 3.78. The number of aromatic nitrogens is 2. The minimum Gasteiger partial charge on any atom is -0.349 e. The van der Waals surface area contributed by atoms with E-state index >= 15 is 0 Å². The molecule has 3 heterocycles. The van der Waals surface area contributed by atoms with Crippen molar-refractivity contribution in [3.05, 3.63) is 39.6 Å². The lowest BCUT2D eigenvalue weighted by molar-refractivity contribution is 0.867. The van der Waals surface area contributed by atoms with Gasteiger partial charge < -0.3 is 4.98 Å². The lowest BCUT2D eigenvalue weighted by Gasteiger charge is -2.08. The van der Waals surface area contributed by atoms with Crippen molar-refractivity contribution in [3.8, 4) is 0 Å². The van der Waals surface area contributed by atoms with Crippen LogP contribution in [0.5, 0.6) is 0 Å². The van der Waals surface area contributed by atoms with E-state index < -0.39 is 0 Å². The van der Waals surface area contributed by atoms with Gasteiger partial charge in [0.15, 0.2) is 0 Å². The second-order valence-electron chi connectivity index (χ2n) is 4.11. The summed E-state index contributed by atoms with van der Waals surface area (Å²) in [6, 6.07) is 2.28. The normalized spacial score (nSPS) is 16.8. The van der Waals surface area contributed by atoms with Crippen molar-refractivity contribution >= 4 is 34.7 Å². The van der Waals surface area contributed by atoms with Gasteiger partial charge in [-0.2, -0.15) is 11.8 Å². The lowest BCUT2D eigenvalue weighted by Crippen LogP contribution is -1.96. The summed E-state index contributed by atoms with van der Waals surface area (Å²) in [6.45, 7) is 0. The molecule has 1 aliphatic heterocycles. The Bertz CT molecular complexity index is 469. The first-order valence-corrected chi connectivity index (χ1v) is 8.05. The number of imidazole rings is 1. The molecule has 2 aromatic rings. The quantitative estimate of drug-likeness (QED) is 0.869. The van der Waals surface area contributed by atoms with Crippen LogP contribution in [0.25, 0.3) is 0 Å². The first-order valence-electron chi connectivity index (χ1n) is 5.64. The molecule has 3 rings (SSSR count). The maximum Gasteiger partial charge on any atom is 0.107 e. The zero-order valence-electron chi connectivity index (χ0n) is 9.28. The highest BCUT2D eigenvalue weighted by molar-refractivity contribution is 7.98. The number of rotatable bonds is 3. The van der Waals surface area contributed by atoms with Gasteiger partial charge in [0.1, 0.15) is 5.82 Å². The smallest absolute Gasteiger partial charge is 0.107 e. The Morgan fingerprint density at radius 1 is 1.53 bits per heavy atom. The molecule has 0 aromatic carbocycles. The topological polar surface area (TPSA) is 28.7 Å². The monoisotopic (exact) mass is 284 g/mol. The van der Waals surface area contributed by atoms with Crippen molar-refractivity contribution in [1.29, 1.82) is 0 Å². The van der Waals surface area contributed by atoms with Crippen molar-refractivity contribution in [2.24, 2.45) is 0 Å². The molecule has 17 heavy (non-hydrogen) atoms. The minimum absolute atomic E-state index is 0.0433. The molecule has 1 atom stereocenters. The first kappa shape index (κ1) is 11.6. The summed E-state index contributed by atoms with van der Waals surface area (Å²) in [5, 5.41) is 0.0433. The Kier molecular flexibility index (Phi) is 3.45. The number of fused-ring (bicyclic) bond motifs is 1. The molecule has 2 aromatic heterocycles. The third-order valence-electron chi connectivity index (χ3n) is 2.88. The Morgan fingerprint density at radius 3 is 3.24 bits per heavy atom. The standard InChI is InChI=1S/C12H13ClN2S2/c13-9(6-12-14-2-3-15-12)11-5-8-7-16-4-1-10(8)17-11/h2-3,5,9H,1,4,6-7H2,(H,14,15). The average Bonchev–Trinajstić information content (AvgIpc) is 2.96. The van der Waals surface area contributed by atoms with Gasteiger partial charge >= 0.3 is 0 Å². The molecule has 0 bridgehead atoms. The van der Waals surface area contributed by atoms with Crippen LogP contribution in [0.4, 0.5) is 0 Å². The van der Waals surface area contributed by atoms with E-state index in [2.05, 4.69) is 16.0 Å². The van der Waals surface area contributed by atoms with Crippen molar-refractivity contribution in [2.45, 2.75) is 24.0 Å². The molecular weight excluding hydrogens is 272 g/mol. The van der Waals surface area contributed by atoms with Gasteiger partial charge in [-0.05, 0) is 23.8 Å². The predicted molar refractivity (Wildman–Crippen MR) is 75.1 cm³/mol. The van der Waals surface area contributed by atoms with E-state index in [1.165, 1.54) is 27.5 Å². The van der Waals surface area contributed by atoms with Crippen LogP contribution < -0.4 is 0 Å². The van der Waals surface area contributed by atoms with E-state index in [1.807, 2.05) is 29.3 Å². The number of nitrogens with one attached hydrogen (secondary N) is 1. The van der Waals surface area contributed by atoms with Crippen LogP contribution in [-0.2, 0) is 18.6 Å². The summed E-state index contributed by atoms with van der Waals surface area (Å²) >= 11 is 10.4. The Hall–Kier alpha value is -0.450. The number of hydrogen-bond acceptors (Lipinski definition) is 3. The number of aromatic amines is 1. The summed E-state index contributed by atoms with van der Waals surface area (Å²) in [5.74, 6) is 3.36. The highest BCUT2D eigenvalue weighted by Crippen LogP contribution is 2.37. The highest BCUT2D eigenvalue weighted by Gasteiger charge is 2.18. The molecule has 0 saturated heterocycles. The number of H-pyrrole nitrogens is 1. The zero-order chi connectivity index (χ0) is 11.7. The van der Waals surface area contributed by atoms with E-state index in [4.69, 9.17) is 11.6 Å². The van der Waals surface area contributed by atoms with Crippen molar-refractivity contribution < 1.29 is 0 Å². The number of hydrogen-bond donors (Lipinski definition) is 1. The van der Waals surface area contributed by atoms with Gasteiger partial charge in [-0.1, -0.05) is 0 Å². The molecule has 0 saturated carbocycles. The van der Waals surface area contributed by atoms with Gasteiger partial charge in [-0.3, -0.25) is 0 Å². The van der Waals surface area contributed by atoms with Crippen LogP contribution in [0.1, 0.15) is 26.5 Å². The molecule has 5 heteroatoms. The number of thioether (sulfide) groups is 1. The van der Waals surface area contributed by atoms with E-state index in [0.29, 0.717) is 0 Å². The second-order valence-corrected chi connectivity index (χ2v) is 6.91. The maximum atomic E-state index is 6.46. The summed E-state index contributed by atoms with van der Waals surface area (Å²) in [7, 11) is 0. The number of halogens is 1. The van der Waals surface area contributed by atoms with Gasteiger partial charge in [0.25, 0.3) is 0 Å². The second kappa shape index (κ2) is 5.04. The number of thiophene rings is 1. The molecule has 0 aliphatic carbocycles. The molecule has 0 amide bonds. The molecule has 1 N–H and O–H groups in total. The van der Waals surface area contributed by atoms with Crippen molar-refractivity contribution in [2.75, 3.05) is 5.75 Å². The molecule has 0 spiro atoms. The third kappa shape index (κ3) is 2.54. The summed E-state index contributed by atoms with van der Waals surface area (Å²) in [4.78, 5) is 10.1. The van der Waals surface area contributed by atoms with Crippen LogP contribution >= 0.6 is 34.7 Å². The van der Waals surface area contributed by atoms with Crippen LogP contribution in [-0.4, -0.2) is 15.7 Å². The number of nitrogens with zero attached hydrogens (tertiary/aromatic N) is 1. The number of aryl methyl sites for hydroxylation is 1. The fraction of sp³-hybridized carbons (Fsp3) is 0.417. The fourth-order valence-electron chi connectivity index (χ4n) is 2.00. The van der Waals surface area contributed by atoms with E-state index in [-0.39, 0.29) is 5.38 Å². The largest absolute Gasteiger partial charge is 0.349 e. The van der Waals surface area contributed by atoms with Crippen molar-refractivity contribution in [1.82, 2.24) is 9.97 Å². The average molecular weight is 285 g/mol. The van der Waals surface area contributed by atoms with Gasteiger partial charge in [-0.15, -0.1) is 22.9 Å². The summed E-state index contributed by atoms with van der Waals surface area (Å²) < 4.78 is 0. The Labute approximate surface area is 114 Å². The van der Waals surface area contributed by atoms with Crippen LogP contribution in [0.2, 0.25) is 0 Å².